The summed E-state index contributed by atoms with van der Waals surface area (Å²) >= 11 is 0. The number of aromatic nitrogens is 3. The Balaban J connectivity index is 1.42. The molecular formula is C23H24N4O. The van der Waals surface area contributed by atoms with Crippen molar-refractivity contribution in [2.75, 3.05) is 6.54 Å². The maximum atomic E-state index is 12.5. The number of hydrogen-bond donors (Lipinski definition) is 1. The molecule has 0 aliphatic carbocycles. The third-order valence-corrected chi connectivity index (χ3v) is 5.13. The number of amides is 1. The molecule has 1 amide bonds. The van der Waals surface area contributed by atoms with Gasteiger partial charge in [-0.1, -0.05) is 12.1 Å². The SMILES string of the molecule is Cc1ccc(C)n1-c1ccc(C(=O)NCCn2c(C)nc3ccccc32)cc1. The second-order valence-corrected chi connectivity index (χ2v) is 7.05. The standard InChI is InChI=1S/C23H24N4O/c1-16-8-9-17(2)27(16)20-12-10-19(11-13-20)23(28)24-14-15-26-18(3)25-21-6-4-5-7-22(21)26/h4-13H,14-15H2,1-3H3,(H,24,28). The molecule has 4 rings (SSSR count). The number of para-hydroxylation sites is 2. The lowest BCUT2D eigenvalue weighted by atomic mass is 10.2. The molecule has 0 unspecified atom stereocenters. The van der Waals surface area contributed by atoms with E-state index in [0.29, 0.717) is 18.7 Å². The van der Waals surface area contributed by atoms with Crippen LogP contribution in [-0.4, -0.2) is 26.6 Å². The molecule has 5 heteroatoms. The zero-order chi connectivity index (χ0) is 19.7. The van der Waals surface area contributed by atoms with E-state index < -0.39 is 0 Å². The lowest BCUT2D eigenvalue weighted by Crippen LogP contribution is -2.27. The van der Waals surface area contributed by atoms with E-state index in [1.807, 2.05) is 49.4 Å². The molecule has 2 aromatic carbocycles. The topological polar surface area (TPSA) is 51.9 Å². The first-order valence-corrected chi connectivity index (χ1v) is 9.50. The van der Waals surface area contributed by atoms with Crippen LogP contribution in [0.1, 0.15) is 27.6 Å². The molecule has 0 saturated heterocycles. The van der Waals surface area contributed by atoms with Crippen molar-refractivity contribution in [2.45, 2.75) is 27.3 Å². The van der Waals surface area contributed by atoms with Crippen molar-refractivity contribution in [1.82, 2.24) is 19.4 Å². The Morgan fingerprint density at radius 3 is 2.32 bits per heavy atom. The van der Waals surface area contributed by atoms with Crippen molar-refractivity contribution in [3.05, 3.63) is 83.4 Å². The van der Waals surface area contributed by atoms with E-state index in [2.05, 4.69) is 51.5 Å². The summed E-state index contributed by atoms with van der Waals surface area (Å²) in [5.41, 5.74) is 6.17. The summed E-state index contributed by atoms with van der Waals surface area (Å²) in [5.74, 6) is 0.895. The average molecular weight is 372 g/mol. The summed E-state index contributed by atoms with van der Waals surface area (Å²) in [6, 6.07) is 20.0. The molecule has 0 fully saturated rings. The highest BCUT2D eigenvalue weighted by Gasteiger charge is 2.09. The van der Waals surface area contributed by atoms with E-state index in [-0.39, 0.29) is 5.91 Å². The smallest absolute Gasteiger partial charge is 0.251 e. The minimum Gasteiger partial charge on any atom is -0.350 e. The van der Waals surface area contributed by atoms with Gasteiger partial charge in [0.1, 0.15) is 5.82 Å². The van der Waals surface area contributed by atoms with Crippen LogP contribution in [0.25, 0.3) is 16.7 Å². The van der Waals surface area contributed by atoms with Crippen LogP contribution in [0.5, 0.6) is 0 Å². The van der Waals surface area contributed by atoms with Crippen molar-refractivity contribution in [3.8, 4) is 5.69 Å². The maximum absolute atomic E-state index is 12.5. The highest BCUT2D eigenvalue weighted by Crippen LogP contribution is 2.17. The highest BCUT2D eigenvalue weighted by molar-refractivity contribution is 5.94. The van der Waals surface area contributed by atoms with Gasteiger partial charge in [0.15, 0.2) is 0 Å². The Morgan fingerprint density at radius 2 is 1.61 bits per heavy atom. The lowest BCUT2D eigenvalue weighted by molar-refractivity contribution is 0.0952. The van der Waals surface area contributed by atoms with Gasteiger partial charge in [0.2, 0.25) is 0 Å². The first-order chi connectivity index (χ1) is 13.5. The summed E-state index contributed by atoms with van der Waals surface area (Å²) in [4.78, 5) is 17.1. The van der Waals surface area contributed by atoms with Crippen LogP contribution in [-0.2, 0) is 6.54 Å². The van der Waals surface area contributed by atoms with Crippen molar-refractivity contribution in [1.29, 1.82) is 0 Å². The summed E-state index contributed by atoms with van der Waals surface area (Å²) in [5, 5.41) is 3.01. The largest absolute Gasteiger partial charge is 0.350 e. The van der Waals surface area contributed by atoms with Gasteiger partial charge in [-0.05, 0) is 69.3 Å². The molecule has 4 aromatic rings. The molecule has 0 aliphatic heterocycles. The normalized spacial score (nSPS) is 11.1. The van der Waals surface area contributed by atoms with E-state index in [0.717, 1.165) is 22.5 Å². The number of aryl methyl sites for hydroxylation is 3. The molecule has 0 radical (unpaired) electrons. The van der Waals surface area contributed by atoms with E-state index in [9.17, 15) is 4.79 Å². The highest BCUT2D eigenvalue weighted by atomic mass is 16.1. The average Bonchev–Trinajstić information content (AvgIpc) is 3.20. The fraction of sp³-hybridized carbons (Fsp3) is 0.217. The maximum Gasteiger partial charge on any atom is 0.251 e. The first kappa shape index (κ1) is 18.0. The summed E-state index contributed by atoms with van der Waals surface area (Å²) in [7, 11) is 0. The number of rotatable bonds is 5. The molecule has 2 aromatic heterocycles. The third kappa shape index (κ3) is 3.31. The first-order valence-electron chi connectivity index (χ1n) is 9.50. The minimum absolute atomic E-state index is 0.0606. The zero-order valence-electron chi connectivity index (χ0n) is 16.4. The van der Waals surface area contributed by atoms with Gasteiger partial charge in [0.05, 0.1) is 11.0 Å². The van der Waals surface area contributed by atoms with Gasteiger partial charge >= 0.3 is 0 Å². The second-order valence-electron chi connectivity index (χ2n) is 7.05. The Labute approximate surface area is 164 Å². The Hall–Kier alpha value is -3.34. The van der Waals surface area contributed by atoms with Crippen LogP contribution in [0.3, 0.4) is 0 Å². The van der Waals surface area contributed by atoms with Gasteiger partial charge in [-0.15, -0.1) is 0 Å². The molecule has 0 saturated carbocycles. The van der Waals surface area contributed by atoms with Crippen LogP contribution in [0.15, 0.2) is 60.7 Å². The molecule has 142 valence electrons. The molecular weight excluding hydrogens is 348 g/mol. The van der Waals surface area contributed by atoms with E-state index >= 15 is 0 Å². The third-order valence-electron chi connectivity index (χ3n) is 5.13. The number of carbonyl (C=O) groups is 1. The molecule has 0 spiro atoms. The van der Waals surface area contributed by atoms with Gasteiger partial charge in [-0.3, -0.25) is 4.79 Å². The number of benzene rings is 2. The fourth-order valence-corrected chi connectivity index (χ4v) is 3.70. The lowest BCUT2D eigenvalue weighted by Gasteiger charge is -2.11. The molecule has 28 heavy (non-hydrogen) atoms. The second kappa shape index (κ2) is 7.35. The summed E-state index contributed by atoms with van der Waals surface area (Å²) in [6.45, 7) is 7.39. The van der Waals surface area contributed by atoms with Gasteiger partial charge in [-0.25, -0.2) is 4.98 Å². The van der Waals surface area contributed by atoms with Crippen molar-refractivity contribution in [2.24, 2.45) is 0 Å². The minimum atomic E-state index is -0.0606. The monoisotopic (exact) mass is 372 g/mol. The predicted molar refractivity (Wildman–Crippen MR) is 112 cm³/mol. The predicted octanol–water partition coefficient (Wildman–Crippen LogP) is 4.18. The molecule has 5 nitrogen and oxygen atoms in total. The number of carbonyl (C=O) groups excluding carboxylic acids is 1. The van der Waals surface area contributed by atoms with E-state index in [1.54, 1.807) is 0 Å². The van der Waals surface area contributed by atoms with Gasteiger partial charge < -0.3 is 14.5 Å². The number of imidazole rings is 1. The van der Waals surface area contributed by atoms with Crippen LogP contribution in [0, 0.1) is 20.8 Å². The van der Waals surface area contributed by atoms with Crippen LogP contribution in [0.4, 0.5) is 0 Å². The van der Waals surface area contributed by atoms with Crippen molar-refractivity contribution < 1.29 is 4.79 Å². The zero-order valence-corrected chi connectivity index (χ0v) is 16.4. The van der Waals surface area contributed by atoms with Crippen LogP contribution in [0.2, 0.25) is 0 Å². The molecule has 0 bridgehead atoms. The van der Waals surface area contributed by atoms with E-state index in [4.69, 9.17) is 0 Å². The van der Waals surface area contributed by atoms with Gasteiger partial charge in [0.25, 0.3) is 5.91 Å². The number of nitrogens with zero attached hydrogens (tertiary/aromatic N) is 3. The Morgan fingerprint density at radius 1 is 0.929 bits per heavy atom. The Kier molecular flexibility index (Phi) is 4.74. The quantitative estimate of drug-likeness (QED) is 0.571. The summed E-state index contributed by atoms with van der Waals surface area (Å²) in [6.07, 6.45) is 0. The number of fused-ring (bicyclic) bond motifs is 1. The Bertz CT molecular complexity index is 1120. The molecule has 0 atom stereocenters. The van der Waals surface area contributed by atoms with E-state index in [1.165, 1.54) is 11.4 Å². The van der Waals surface area contributed by atoms with Crippen LogP contribution >= 0.6 is 0 Å². The molecule has 2 heterocycles. The van der Waals surface area contributed by atoms with Crippen LogP contribution < -0.4 is 5.32 Å². The molecule has 0 aliphatic rings. The fourth-order valence-electron chi connectivity index (χ4n) is 3.70. The number of hydrogen-bond acceptors (Lipinski definition) is 2. The molecule has 1 N–H and O–H groups in total. The van der Waals surface area contributed by atoms with Gasteiger partial charge in [-0.2, -0.15) is 0 Å². The van der Waals surface area contributed by atoms with Crippen molar-refractivity contribution in [3.63, 3.8) is 0 Å². The van der Waals surface area contributed by atoms with Crippen molar-refractivity contribution >= 4 is 16.9 Å². The number of nitrogens with one attached hydrogen (secondary N) is 1. The summed E-state index contributed by atoms with van der Waals surface area (Å²) < 4.78 is 4.31. The van der Waals surface area contributed by atoms with Gasteiger partial charge in [0, 0.05) is 35.7 Å².